The summed E-state index contributed by atoms with van der Waals surface area (Å²) < 4.78 is 17.1. The fraction of sp³-hybridized carbons (Fsp3) is 0.182. The van der Waals surface area contributed by atoms with E-state index in [4.69, 9.17) is 0 Å². The van der Waals surface area contributed by atoms with E-state index in [0.717, 1.165) is 4.57 Å². The van der Waals surface area contributed by atoms with Gasteiger partial charge in [-0.3, -0.25) is 18.7 Å². The quantitative estimate of drug-likeness (QED) is 0.641. The molecule has 0 bridgehead atoms. The zero-order chi connectivity index (χ0) is 20.4. The van der Waals surface area contributed by atoms with Crippen molar-refractivity contribution in [3.05, 3.63) is 97.4 Å². The van der Waals surface area contributed by atoms with Crippen LogP contribution in [0, 0.1) is 11.7 Å². The van der Waals surface area contributed by atoms with E-state index in [1.54, 1.807) is 42.5 Å². The van der Waals surface area contributed by atoms with Crippen LogP contribution in [-0.4, -0.2) is 20.6 Å². The third-order valence-corrected chi connectivity index (χ3v) is 5.82. The van der Waals surface area contributed by atoms with Gasteiger partial charge in [0.2, 0.25) is 0 Å². The first-order chi connectivity index (χ1) is 13.9. The number of halogens is 1. The monoisotopic (exact) mass is 389 g/mol. The lowest BCUT2D eigenvalue weighted by molar-refractivity contribution is 0.0952. The number of carbonyl (C=O) groups is 1. The lowest BCUT2D eigenvalue weighted by Crippen LogP contribution is -2.43. The van der Waals surface area contributed by atoms with Gasteiger partial charge in [0, 0.05) is 31.1 Å². The van der Waals surface area contributed by atoms with Gasteiger partial charge in [0.05, 0.1) is 17.2 Å². The minimum Gasteiger partial charge on any atom is -0.293 e. The van der Waals surface area contributed by atoms with Crippen LogP contribution in [0.25, 0.3) is 0 Å². The van der Waals surface area contributed by atoms with Gasteiger partial charge in [-0.05, 0) is 11.6 Å². The Balaban J connectivity index is 1.94. The molecule has 0 radical (unpaired) electrons. The summed E-state index contributed by atoms with van der Waals surface area (Å²) in [6.07, 6.45) is 0. The van der Waals surface area contributed by atoms with Gasteiger partial charge < -0.3 is 0 Å². The maximum Gasteiger partial charge on any atom is 0.332 e. The predicted octanol–water partition coefficient (Wildman–Crippen LogP) is 2.30. The van der Waals surface area contributed by atoms with E-state index in [9.17, 15) is 18.8 Å². The van der Waals surface area contributed by atoms with Gasteiger partial charge in [-0.1, -0.05) is 42.5 Å². The normalized spacial score (nSPS) is 19.4. The molecule has 0 saturated heterocycles. The maximum atomic E-state index is 14.9. The second kappa shape index (κ2) is 5.94. The zero-order valence-electron chi connectivity index (χ0n) is 15.7. The molecule has 144 valence electrons. The van der Waals surface area contributed by atoms with Crippen LogP contribution in [0.2, 0.25) is 0 Å². The Bertz CT molecular complexity index is 1370. The van der Waals surface area contributed by atoms with Crippen LogP contribution in [0.1, 0.15) is 33.0 Å². The molecule has 29 heavy (non-hydrogen) atoms. The van der Waals surface area contributed by atoms with E-state index in [0.29, 0.717) is 16.8 Å². The Morgan fingerprint density at radius 3 is 2.24 bits per heavy atom. The maximum absolute atomic E-state index is 14.9. The summed E-state index contributed by atoms with van der Waals surface area (Å²) >= 11 is 0. The Labute approximate surface area is 164 Å². The van der Waals surface area contributed by atoms with Gasteiger partial charge in [0.15, 0.2) is 5.78 Å². The molecule has 0 spiro atoms. The molecule has 2 aliphatic rings. The van der Waals surface area contributed by atoms with Crippen LogP contribution in [-0.2, 0) is 14.1 Å². The number of fused-ring (bicyclic) bond motifs is 4. The number of carbonyl (C=O) groups excluding carboxylic acids is 1. The molecule has 1 aliphatic carbocycles. The van der Waals surface area contributed by atoms with Crippen molar-refractivity contribution in [1.82, 2.24) is 9.13 Å². The van der Waals surface area contributed by atoms with Crippen molar-refractivity contribution >= 4 is 17.3 Å². The highest BCUT2D eigenvalue weighted by molar-refractivity contribution is 6.30. The fourth-order valence-electron chi connectivity index (χ4n) is 4.43. The number of Topliss-reactive ketones (excluding diaryl/α,β-unsaturated/α-hetero) is 1. The van der Waals surface area contributed by atoms with Crippen LogP contribution in [0.5, 0.6) is 0 Å². The first kappa shape index (κ1) is 17.5. The largest absolute Gasteiger partial charge is 0.332 e. The van der Waals surface area contributed by atoms with Crippen LogP contribution < -0.4 is 11.2 Å². The van der Waals surface area contributed by atoms with Crippen molar-refractivity contribution in [2.45, 2.75) is 5.92 Å². The minimum atomic E-state index is -0.871. The van der Waals surface area contributed by atoms with E-state index >= 15 is 0 Å². The van der Waals surface area contributed by atoms with Gasteiger partial charge in [0.25, 0.3) is 5.56 Å². The summed E-state index contributed by atoms with van der Waals surface area (Å²) in [4.78, 5) is 43.5. The van der Waals surface area contributed by atoms with Gasteiger partial charge in [-0.15, -0.1) is 0 Å². The molecule has 7 heteroatoms. The molecule has 2 atom stereocenters. The summed E-state index contributed by atoms with van der Waals surface area (Å²) in [5.41, 5.74) is 0.923. The fourth-order valence-corrected chi connectivity index (χ4v) is 4.43. The highest BCUT2D eigenvalue weighted by Gasteiger charge is 2.48. The summed E-state index contributed by atoms with van der Waals surface area (Å²) in [5.74, 6) is -2.23. The van der Waals surface area contributed by atoms with E-state index in [1.807, 2.05) is 0 Å². The smallest absolute Gasteiger partial charge is 0.293 e. The average Bonchev–Trinajstić information content (AvgIpc) is 3.02. The first-order valence-corrected chi connectivity index (χ1v) is 9.18. The second-order valence-corrected chi connectivity index (χ2v) is 7.33. The van der Waals surface area contributed by atoms with Crippen molar-refractivity contribution in [2.24, 2.45) is 25.0 Å². The highest BCUT2D eigenvalue weighted by atomic mass is 19.1. The number of nitrogens with zero attached hydrogens (tertiary/aromatic N) is 3. The topological polar surface area (TPSA) is 73.4 Å². The van der Waals surface area contributed by atoms with Crippen LogP contribution in [0.4, 0.5) is 10.2 Å². The Morgan fingerprint density at radius 1 is 0.862 bits per heavy atom. The minimum absolute atomic E-state index is 0.162. The molecular weight excluding hydrogens is 373 g/mol. The molecular formula is C22H16FN3O3. The van der Waals surface area contributed by atoms with Crippen molar-refractivity contribution < 1.29 is 9.18 Å². The molecule has 0 fully saturated rings. The number of aromatic nitrogens is 2. The number of hydrogen-bond donors (Lipinski definition) is 0. The Morgan fingerprint density at radius 2 is 1.52 bits per heavy atom. The second-order valence-electron chi connectivity index (χ2n) is 7.33. The standard InChI is InChI=1S/C22H16FN3O3/c1-25-20-17(21(28)26(2)22(25)29)15(13-9-5-6-10-14(13)23)16-18(24-20)11-7-3-4-8-12(11)19(16)27/h3-10,15-16H,1-2H3/t15-,16+/m1/s1. The van der Waals surface area contributed by atoms with Crippen molar-refractivity contribution in [1.29, 1.82) is 0 Å². The predicted molar refractivity (Wildman–Crippen MR) is 106 cm³/mol. The summed E-state index contributed by atoms with van der Waals surface area (Å²) in [6, 6.07) is 13.2. The van der Waals surface area contributed by atoms with Crippen molar-refractivity contribution in [2.75, 3.05) is 0 Å². The number of aliphatic imine (C=N–C) groups is 1. The van der Waals surface area contributed by atoms with Crippen LogP contribution in [0.3, 0.4) is 0 Å². The SMILES string of the molecule is Cn1c2c(c(=O)n(C)c1=O)[C@H](c1ccccc1F)[C@@H]1C(=O)c3ccccc3C1=N2. The average molecular weight is 389 g/mol. The zero-order valence-corrected chi connectivity index (χ0v) is 15.7. The number of rotatable bonds is 1. The molecule has 0 saturated carbocycles. The third-order valence-electron chi connectivity index (χ3n) is 5.82. The van der Waals surface area contributed by atoms with Gasteiger partial charge in [-0.25, -0.2) is 14.2 Å². The van der Waals surface area contributed by atoms with Gasteiger partial charge in [0.1, 0.15) is 11.6 Å². The summed E-state index contributed by atoms with van der Waals surface area (Å²) in [5, 5.41) is 0. The molecule has 1 aromatic heterocycles. The van der Waals surface area contributed by atoms with Crippen LogP contribution >= 0.6 is 0 Å². The number of benzene rings is 2. The molecule has 0 amide bonds. The number of hydrogen-bond acceptors (Lipinski definition) is 4. The lowest BCUT2D eigenvalue weighted by Gasteiger charge is -2.30. The molecule has 3 aromatic rings. The van der Waals surface area contributed by atoms with E-state index in [-0.39, 0.29) is 22.7 Å². The molecule has 2 aromatic carbocycles. The Hall–Kier alpha value is -3.61. The van der Waals surface area contributed by atoms with Gasteiger partial charge >= 0.3 is 5.69 Å². The van der Waals surface area contributed by atoms with Crippen molar-refractivity contribution in [3.8, 4) is 0 Å². The number of ketones is 1. The third kappa shape index (κ3) is 2.21. The first-order valence-electron chi connectivity index (χ1n) is 9.18. The van der Waals surface area contributed by atoms with E-state index < -0.39 is 28.9 Å². The molecule has 5 rings (SSSR count). The van der Waals surface area contributed by atoms with E-state index in [1.165, 1.54) is 24.7 Å². The molecule has 1 aliphatic heterocycles. The highest BCUT2D eigenvalue weighted by Crippen LogP contribution is 2.46. The van der Waals surface area contributed by atoms with Gasteiger partial charge in [-0.2, -0.15) is 0 Å². The molecule has 0 N–H and O–H groups in total. The Kier molecular flexibility index (Phi) is 3.58. The van der Waals surface area contributed by atoms with Crippen LogP contribution in [0.15, 0.2) is 63.1 Å². The van der Waals surface area contributed by atoms with Crippen molar-refractivity contribution in [3.63, 3.8) is 0 Å². The lowest BCUT2D eigenvalue weighted by atomic mass is 9.76. The molecule has 0 unspecified atom stereocenters. The van der Waals surface area contributed by atoms with E-state index in [2.05, 4.69) is 4.99 Å². The summed E-state index contributed by atoms with van der Waals surface area (Å²) in [6.45, 7) is 0. The molecule has 6 nitrogen and oxygen atoms in total. The summed E-state index contributed by atoms with van der Waals surface area (Å²) in [7, 11) is 2.89. The molecule has 2 heterocycles.